The highest BCUT2D eigenvalue weighted by atomic mass is 32.1. The maximum absolute atomic E-state index is 12.1. The van der Waals surface area contributed by atoms with E-state index in [9.17, 15) is 4.79 Å². The lowest BCUT2D eigenvalue weighted by Gasteiger charge is -1.98. The third kappa shape index (κ3) is 1.33. The molecule has 1 N–H and O–H groups in total. The van der Waals surface area contributed by atoms with E-state index in [4.69, 9.17) is 0 Å². The van der Waals surface area contributed by atoms with Crippen molar-refractivity contribution in [2.45, 2.75) is 0 Å². The van der Waals surface area contributed by atoms with Gasteiger partial charge >= 0.3 is 0 Å². The molecule has 0 fully saturated rings. The summed E-state index contributed by atoms with van der Waals surface area (Å²) in [6.45, 7) is 0. The molecular weight excluding hydrogens is 222 g/mol. The van der Waals surface area contributed by atoms with Crippen LogP contribution in [-0.2, 0) is 0 Å². The standard InChI is InChI=1S/C11H7N3OS/c15-9(11-12-6-13-14-11)8-3-1-2-7-4-5-16-10(7)8/h1-6H,(H,12,13,14). The number of aromatic nitrogens is 3. The summed E-state index contributed by atoms with van der Waals surface area (Å²) < 4.78 is 0.990. The summed E-state index contributed by atoms with van der Waals surface area (Å²) >= 11 is 1.56. The molecule has 1 aromatic carbocycles. The number of hydrogen-bond donors (Lipinski definition) is 1. The number of carbonyl (C=O) groups is 1. The van der Waals surface area contributed by atoms with Gasteiger partial charge in [-0.25, -0.2) is 4.98 Å². The highest BCUT2D eigenvalue weighted by Gasteiger charge is 2.15. The second-order valence-corrected chi connectivity index (χ2v) is 4.22. The number of aromatic amines is 1. The molecule has 2 aromatic heterocycles. The van der Waals surface area contributed by atoms with Gasteiger partial charge in [-0.3, -0.25) is 9.89 Å². The Hall–Kier alpha value is -2.01. The predicted molar refractivity (Wildman–Crippen MR) is 61.6 cm³/mol. The van der Waals surface area contributed by atoms with Crippen molar-refractivity contribution in [3.8, 4) is 0 Å². The van der Waals surface area contributed by atoms with E-state index in [0.717, 1.165) is 10.1 Å². The first-order chi connectivity index (χ1) is 7.86. The number of ketones is 1. The minimum Gasteiger partial charge on any atom is -0.285 e. The molecule has 0 atom stereocenters. The maximum atomic E-state index is 12.1. The van der Waals surface area contributed by atoms with Crippen LogP contribution >= 0.6 is 11.3 Å². The largest absolute Gasteiger partial charge is 0.285 e. The lowest BCUT2D eigenvalue weighted by Crippen LogP contribution is -2.03. The van der Waals surface area contributed by atoms with Crippen LogP contribution in [0.25, 0.3) is 10.1 Å². The van der Waals surface area contributed by atoms with E-state index in [1.54, 1.807) is 11.3 Å². The molecule has 0 spiro atoms. The Balaban J connectivity index is 2.19. The first-order valence-electron chi connectivity index (χ1n) is 4.72. The molecule has 0 saturated heterocycles. The Labute approximate surface area is 95.0 Å². The molecule has 0 radical (unpaired) electrons. The molecule has 0 saturated carbocycles. The van der Waals surface area contributed by atoms with Gasteiger partial charge in [0.05, 0.1) is 0 Å². The number of hydrogen-bond acceptors (Lipinski definition) is 4. The number of carbonyl (C=O) groups excluding carboxylic acids is 1. The average Bonchev–Trinajstić information content (AvgIpc) is 2.98. The van der Waals surface area contributed by atoms with E-state index < -0.39 is 0 Å². The Morgan fingerprint density at radius 2 is 2.25 bits per heavy atom. The average molecular weight is 229 g/mol. The second kappa shape index (κ2) is 3.53. The zero-order chi connectivity index (χ0) is 11.0. The molecule has 3 aromatic rings. The lowest BCUT2D eigenvalue weighted by atomic mass is 10.1. The van der Waals surface area contributed by atoms with Crippen LogP contribution in [0.5, 0.6) is 0 Å². The highest BCUT2D eigenvalue weighted by molar-refractivity contribution is 7.17. The van der Waals surface area contributed by atoms with Crippen molar-refractivity contribution in [1.29, 1.82) is 0 Å². The fraction of sp³-hybridized carbons (Fsp3) is 0. The van der Waals surface area contributed by atoms with Gasteiger partial charge in [-0.15, -0.1) is 11.3 Å². The number of fused-ring (bicyclic) bond motifs is 1. The summed E-state index contributed by atoms with van der Waals surface area (Å²) in [5.74, 6) is 0.159. The summed E-state index contributed by atoms with van der Waals surface area (Å²) in [5.41, 5.74) is 0.671. The first kappa shape index (κ1) is 9.23. The van der Waals surface area contributed by atoms with Gasteiger partial charge in [0.15, 0.2) is 5.82 Å². The number of benzene rings is 1. The van der Waals surface area contributed by atoms with Crippen LogP contribution < -0.4 is 0 Å². The molecule has 0 unspecified atom stereocenters. The second-order valence-electron chi connectivity index (χ2n) is 3.31. The van der Waals surface area contributed by atoms with Gasteiger partial charge in [-0.05, 0) is 22.9 Å². The quantitative estimate of drug-likeness (QED) is 0.685. The van der Waals surface area contributed by atoms with Crippen molar-refractivity contribution in [3.05, 3.63) is 47.4 Å². The molecule has 0 bridgehead atoms. The van der Waals surface area contributed by atoms with Crippen LogP contribution in [0.3, 0.4) is 0 Å². The number of rotatable bonds is 2. The summed E-state index contributed by atoms with van der Waals surface area (Å²) in [5, 5.41) is 9.32. The molecule has 2 heterocycles. The molecule has 4 nitrogen and oxygen atoms in total. The van der Waals surface area contributed by atoms with Gasteiger partial charge in [-0.2, -0.15) is 5.10 Å². The number of H-pyrrole nitrogens is 1. The van der Waals surface area contributed by atoms with Gasteiger partial charge in [0.1, 0.15) is 6.33 Å². The van der Waals surface area contributed by atoms with Crippen LogP contribution in [0, 0.1) is 0 Å². The van der Waals surface area contributed by atoms with Crippen molar-refractivity contribution in [1.82, 2.24) is 15.2 Å². The van der Waals surface area contributed by atoms with Crippen LogP contribution in [0.1, 0.15) is 16.2 Å². The van der Waals surface area contributed by atoms with Gasteiger partial charge < -0.3 is 0 Å². The van der Waals surface area contributed by atoms with Crippen molar-refractivity contribution < 1.29 is 4.79 Å². The zero-order valence-corrected chi connectivity index (χ0v) is 8.99. The number of nitrogens with zero attached hydrogens (tertiary/aromatic N) is 2. The normalized spacial score (nSPS) is 10.8. The van der Waals surface area contributed by atoms with E-state index in [-0.39, 0.29) is 11.6 Å². The summed E-state index contributed by atoms with van der Waals surface area (Å²) in [7, 11) is 0. The van der Waals surface area contributed by atoms with Crippen molar-refractivity contribution >= 4 is 27.2 Å². The van der Waals surface area contributed by atoms with Gasteiger partial charge in [0.25, 0.3) is 0 Å². The Kier molecular flexibility index (Phi) is 2.04. The Bertz CT molecular complexity index is 642. The van der Waals surface area contributed by atoms with Crippen molar-refractivity contribution in [3.63, 3.8) is 0 Å². The minimum absolute atomic E-state index is 0.120. The maximum Gasteiger partial charge on any atom is 0.231 e. The molecule has 78 valence electrons. The monoisotopic (exact) mass is 229 g/mol. The van der Waals surface area contributed by atoms with Crippen LogP contribution in [-0.4, -0.2) is 21.0 Å². The molecule has 0 amide bonds. The molecule has 5 heteroatoms. The van der Waals surface area contributed by atoms with E-state index in [2.05, 4.69) is 15.2 Å². The summed E-state index contributed by atoms with van der Waals surface area (Å²) in [4.78, 5) is 16.0. The molecular formula is C11H7N3OS. The Morgan fingerprint density at radius 3 is 3.06 bits per heavy atom. The van der Waals surface area contributed by atoms with Gasteiger partial charge in [0.2, 0.25) is 5.78 Å². The first-order valence-corrected chi connectivity index (χ1v) is 5.60. The molecule has 3 rings (SSSR count). The van der Waals surface area contributed by atoms with Crippen molar-refractivity contribution in [2.24, 2.45) is 0 Å². The van der Waals surface area contributed by atoms with Crippen LogP contribution in [0.2, 0.25) is 0 Å². The zero-order valence-electron chi connectivity index (χ0n) is 8.18. The van der Waals surface area contributed by atoms with Crippen molar-refractivity contribution in [2.75, 3.05) is 0 Å². The topological polar surface area (TPSA) is 58.6 Å². The van der Waals surface area contributed by atoms with E-state index in [0.29, 0.717) is 5.56 Å². The highest BCUT2D eigenvalue weighted by Crippen LogP contribution is 2.25. The lowest BCUT2D eigenvalue weighted by molar-refractivity contribution is 0.103. The summed E-state index contributed by atoms with van der Waals surface area (Å²) in [6.07, 6.45) is 1.34. The minimum atomic E-state index is -0.120. The number of nitrogens with one attached hydrogen (secondary N) is 1. The van der Waals surface area contributed by atoms with E-state index in [1.807, 2.05) is 29.6 Å². The van der Waals surface area contributed by atoms with Crippen LogP contribution in [0.4, 0.5) is 0 Å². The van der Waals surface area contributed by atoms with E-state index >= 15 is 0 Å². The van der Waals surface area contributed by atoms with E-state index in [1.165, 1.54) is 6.33 Å². The van der Waals surface area contributed by atoms with Gasteiger partial charge in [-0.1, -0.05) is 12.1 Å². The predicted octanol–water partition coefficient (Wildman–Crippen LogP) is 2.25. The molecule has 0 aliphatic rings. The summed E-state index contributed by atoms with van der Waals surface area (Å²) in [6, 6.07) is 7.67. The smallest absolute Gasteiger partial charge is 0.231 e. The fourth-order valence-corrected chi connectivity index (χ4v) is 2.52. The Morgan fingerprint density at radius 1 is 1.31 bits per heavy atom. The molecule has 0 aliphatic carbocycles. The molecule has 16 heavy (non-hydrogen) atoms. The molecule has 0 aliphatic heterocycles. The van der Waals surface area contributed by atoms with Gasteiger partial charge in [0, 0.05) is 10.3 Å². The SMILES string of the molecule is O=C(c1ncn[nH]1)c1cccc2ccsc12. The third-order valence-electron chi connectivity index (χ3n) is 2.35. The number of thiophene rings is 1. The van der Waals surface area contributed by atoms with Crippen LogP contribution in [0.15, 0.2) is 36.0 Å². The fourth-order valence-electron chi connectivity index (χ4n) is 1.61. The third-order valence-corrected chi connectivity index (χ3v) is 3.32.